The number of rotatable bonds is 3. The maximum Gasteiger partial charge on any atom is 0.227 e. The average Bonchev–Trinajstić information content (AvgIpc) is 2.77. The first kappa shape index (κ1) is 13.4. The molecule has 2 rings (SSSR count). The number of anilines is 1. The fourth-order valence-corrected chi connectivity index (χ4v) is 2.38. The Bertz CT molecular complexity index is 604. The third-order valence-electron chi connectivity index (χ3n) is 2.66. The molecule has 0 spiro atoms. The summed E-state index contributed by atoms with van der Waals surface area (Å²) in [6, 6.07) is 6.25. The van der Waals surface area contributed by atoms with E-state index in [9.17, 15) is 15.0 Å². The van der Waals surface area contributed by atoms with Crippen molar-refractivity contribution < 1.29 is 15.0 Å². The predicted molar refractivity (Wildman–Crippen MR) is 76.6 cm³/mol. The van der Waals surface area contributed by atoms with Gasteiger partial charge in [-0.25, -0.2) is 0 Å². The van der Waals surface area contributed by atoms with Gasteiger partial charge >= 0.3 is 0 Å². The molecule has 0 aliphatic rings. The molecule has 0 saturated carbocycles. The van der Waals surface area contributed by atoms with Crippen molar-refractivity contribution in [1.29, 1.82) is 0 Å². The second-order valence-corrected chi connectivity index (χ2v) is 5.46. The molecule has 0 atom stereocenters. The van der Waals surface area contributed by atoms with E-state index >= 15 is 0 Å². The smallest absolute Gasteiger partial charge is 0.227 e. The molecule has 1 aromatic carbocycles. The molecule has 4 nitrogen and oxygen atoms in total. The number of carbonyl (C=O) groups is 1. The SMILES string of the molecule is CC(C)C(=O)Nc1cc(-c2ccc(O)cc2O)cs1. The van der Waals surface area contributed by atoms with Gasteiger partial charge in [0.15, 0.2) is 0 Å². The highest BCUT2D eigenvalue weighted by Gasteiger charge is 2.11. The quantitative estimate of drug-likeness (QED) is 0.805. The summed E-state index contributed by atoms with van der Waals surface area (Å²) in [6.45, 7) is 3.66. The van der Waals surface area contributed by atoms with Crippen LogP contribution in [-0.2, 0) is 4.79 Å². The lowest BCUT2D eigenvalue weighted by molar-refractivity contribution is -0.118. The van der Waals surface area contributed by atoms with E-state index in [0.29, 0.717) is 5.56 Å². The average molecular weight is 277 g/mol. The fourth-order valence-electron chi connectivity index (χ4n) is 1.57. The van der Waals surface area contributed by atoms with Gasteiger partial charge in [0.2, 0.25) is 5.91 Å². The van der Waals surface area contributed by atoms with Crippen LogP contribution in [0.25, 0.3) is 11.1 Å². The Labute approximate surface area is 115 Å². The van der Waals surface area contributed by atoms with Crippen LogP contribution < -0.4 is 5.32 Å². The van der Waals surface area contributed by atoms with Crippen LogP contribution in [0.5, 0.6) is 11.5 Å². The van der Waals surface area contributed by atoms with Crippen LogP contribution in [0.15, 0.2) is 29.6 Å². The van der Waals surface area contributed by atoms with Gasteiger partial charge in [-0.05, 0) is 23.8 Å². The molecular formula is C14H15NO3S. The molecule has 0 bridgehead atoms. The minimum Gasteiger partial charge on any atom is -0.508 e. The summed E-state index contributed by atoms with van der Waals surface area (Å²) >= 11 is 1.40. The van der Waals surface area contributed by atoms with E-state index in [1.54, 1.807) is 12.1 Å². The van der Waals surface area contributed by atoms with Crippen molar-refractivity contribution in [3.05, 3.63) is 29.6 Å². The van der Waals surface area contributed by atoms with Gasteiger partial charge in [-0.2, -0.15) is 0 Å². The number of phenolic OH excluding ortho intramolecular Hbond substituents is 2. The molecule has 3 N–H and O–H groups in total. The van der Waals surface area contributed by atoms with Crippen molar-refractivity contribution in [3.8, 4) is 22.6 Å². The molecule has 1 aromatic heterocycles. The Balaban J connectivity index is 2.23. The maximum absolute atomic E-state index is 11.6. The molecule has 2 aromatic rings. The summed E-state index contributed by atoms with van der Waals surface area (Å²) in [4.78, 5) is 11.6. The van der Waals surface area contributed by atoms with E-state index in [1.165, 1.54) is 23.5 Å². The van der Waals surface area contributed by atoms with Crippen LogP contribution >= 0.6 is 11.3 Å². The van der Waals surface area contributed by atoms with E-state index in [2.05, 4.69) is 5.32 Å². The zero-order valence-corrected chi connectivity index (χ0v) is 11.5. The first-order valence-electron chi connectivity index (χ1n) is 5.89. The van der Waals surface area contributed by atoms with Gasteiger partial charge in [0.25, 0.3) is 0 Å². The zero-order valence-electron chi connectivity index (χ0n) is 10.7. The number of hydrogen-bond donors (Lipinski definition) is 3. The summed E-state index contributed by atoms with van der Waals surface area (Å²) < 4.78 is 0. The zero-order chi connectivity index (χ0) is 14.0. The van der Waals surface area contributed by atoms with E-state index < -0.39 is 0 Å². The normalized spacial score (nSPS) is 10.7. The Hall–Kier alpha value is -2.01. The lowest BCUT2D eigenvalue weighted by Crippen LogP contribution is -2.16. The third kappa shape index (κ3) is 3.06. The van der Waals surface area contributed by atoms with Crippen LogP contribution in [-0.4, -0.2) is 16.1 Å². The number of amides is 1. The van der Waals surface area contributed by atoms with E-state index in [1.807, 2.05) is 19.2 Å². The summed E-state index contributed by atoms with van der Waals surface area (Å²) in [7, 11) is 0. The number of carbonyl (C=O) groups excluding carboxylic acids is 1. The highest BCUT2D eigenvalue weighted by atomic mass is 32.1. The summed E-state index contributed by atoms with van der Waals surface area (Å²) in [5, 5.41) is 24.4. The largest absolute Gasteiger partial charge is 0.508 e. The first-order chi connectivity index (χ1) is 8.97. The van der Waals surface area contributed by atoms with Crippen LogP contribution in [0, 0.1) is 5.92 Å². The van der Waals surface area contributed by atoms with E-state index in [-0.39, 0.29) is 23.3 Å². The Kier molecular flexibility index (Phi) is 3.76. The van der Waals surface area contributed by atoms with Crippen molar-refractivity contribution in [1.82, 2.24) is 0 Å². The second-order valence-electron chi connectivity index (χ2n) is 4.55. The molecule has 100 valence electrons. The fraction of sp³-hybridized carbons (Fsp3) is 0.214. The lowest BCUT2D eigenvalue weighted by Gasteiger charge is -2.04. The number of nitrogens with one attached hydrogen (secondary N) is 1. The third-order valence-corrected chi connectivity index (χ3v) is 3.51. The van der Waals surface area contributed by atoms with Gasteiger partial charge < -0.3 is 15.5 Å². The molecule has 0 aliphatic heterocycles. The molecule has 0 saturated heterocycles. The number of benzene rings is 1. The van der Waals surface area contributed by atoms with Gasteiger partial charge in [-0.3, -0.25) is 4.79 Å². The van der Waals surface area contributed by atoms with Crippen LogP contribution in [0.4, 0.5) is 5.00 Å². The molecular weight excluding hydrogens is 262 g/mol. The maximum atomic E-state index is 11.6. The van der Waals surface area contributed by atoms with Crippen LogP contribution in [0.1, 0.15) is 13.8 Å². The second kappa shape index (κ2) is 5.32. The highest BCUT2D eigenvalue weighted by Crippen LogP contribution is 2.36. The Morgan fingerprint density at radius 1 is 1.26 bits per heavy atom. The van der Waals surface area contributed by atoms with Gasteiger partial charge in [-0.15, -0.1) is 11.3 Å². The van der Waals surface area contributed by atoms with Crippen LogP contribution in [0.2, 0.25) is 0 Å². The van der Waals surface area contributed by atoms with E-state index in [0.717, 1.165) is 10.6 Å². The predicted octanol–water partition coefficient (Wildman–Crippen LogP) is 3.42. The number of phenols is 2. The highest BCUT2D eigenvalue weighted by molar-refractivity contribution is 7.14. The Morgan fingerprint density at radius 3 is 2.63 bits per heavy atom. The van der Waals surface area contributed by atoms with Crippen molar-refractivity contribution in [2.75, 3.05) is 5.32 Å². The Morgan fingerprint density at radius 2 is 2.00 bits per heavy atom. The number of thiophene rings is 1. The van der Waals surface area contributed by atoms with Gasteiger partial charge in [0.05, 0.1) is 5.00 Å². The monoisotopic (exact) mass is 277 g/mol. The summed E-state index contributed by atoms with van der Waals surface area (Å²) in [6.07, 6.45) is 0. The molecule has 0 aliphatic carbocycles. The van der Waals surface area contributed by atoms with E-state index in [4.69, 9.17) is 0 Å². The molecule has 19 heavy (non-hydrogen) atoms. The van der Waals surface area contributed by atoms with Crippen molar-refractivity contribution >= 4 is 22.2 Å². The summed E-state index contributed by atoms with van der Waals surface area (Å²) in [5.41, 5.74) is 1.43. The van der Waals surface area contributed by atoms with Gasteiger partial charge in [-0.1, -0.05) is 13.8 Å². The van der Waals surface area contributed by atoms with Crippen LogP contribution in [0.3, 0.4) is 0 Å². The molecule has 5 heteroatoms. The van der Waals surface area contributed by atoms with Crippen molar-refractivity contribution in [2.24, 2.45) is 5.92 Å². The molecule has 0 radical (unpaired) electrons. The minimum absolute atomic E-state index is 0.0135. The standard InChI is InChI=1S/C14H15NO3S/c1-8(2)14(18)15-13-5-9(7-19-13)11-4-3-10(16)6-12(11)17/h3-8,16-17H,1-2H3,(H,15,18). The lowest BCUT2D eigenvalue weighted by atomic mass is 10.1. The van der Waals surface area contributed by atoms with Crippen molar-refractivity contribution in [3.63, 3.8) is 0 Å². The minimum atomic E-state index is -0.0763. The molecule has 0 unspecified atom stereocenters. The van der Waals surface area contributed by atoms with Gasteiger partial charge in [0, 0.05) is 22.9 Å². The molecule has 1 amide bonds. The molecule has 1 heterocycles. The first-order valence-corrected chi connectivity index (χ1v) is 6.77. The topological polar surface area (TPSA) is 69.6 Å². The van der Waals surface area contributed by atoms with Gasteiger partial charge in [0.1, 0.15) is 11.5 Å². The number of hydrogen-bond acceptors (Lipinski definition) is 4. The van der Waals surface area contributed by atoms with Crippen molar-refractivity contribution in [2.45, 2.75) is 13.8 Å². The summed E-state index contributed by atoms with van der Waals surface area (Å²) in [5.74, 6) is -0.0831. The molecule has 0 fully saturated rings. The number of aromatic hydroxyl groups is 2.